The number of carbonyl (C=O) groups excluding carboxylic acids is 1. The van der Waals surface area contributed by atoms with Crippen molar-refractivity contribution in [3.8, 4) is 5.75 Å². The van der Waals surface area contributed by atoms with Gasteiger partial charge >= 0.3 is 0 Å². The minimum Gasteiger partial charge on any atom is -0.508 e. The van der Waals surface area contributed by atoms with Crippen molar-refractivity contribution < 1.29 is 14.3 Å². The number of hydrogen-bond acceptors (Lipinski definition) is 2. The van der Waals surface area contributed by atoms with Crippen molar-refractivity contribution in [3.63, 3.8) is 0 Å². The summed E-state index contributed by atoms with van der Waals surface area (Å²) in [6.07, 6.45) is 0. The van der Waals surface area contributed by atoms with Crippen LogP contribution in [0.15, 0.2) is 12.1 Å². The van der Waals surface area contributed by atoms with E-state index in [1.54, 1.807) is 22.6 Å². The second kappa shape index (κ2) is 3.38. The number of aromatic hydroxyl groups is 1. The van der Waals surface area contributed by atoms with E-state index in [0.717, 1.165) is 6.07 Å². The number of hydrogen-bond donors (Lipinski definition) is 1. The molecule has 1 aromatic rings. The predicted molar refractivity (Wildman–Crippen MR) is 50.8 cm³/mol. The lowest BCUT2D eigenvalue weighted by molar-refractivity contribution is 0.101. The van der Waals surface area contributed by atoms with Crippen molar-refractivity contribution in [3.05, 3.63) is 27.1 Å². The van der Waals surface area contributed by atoms with Crippen LogP contribution in [-0.2, 0) is 0 Å². The third kappa shape index (κ3) is 1.74. The summed E-state index contributed by atoms with van der Waals surface area (Å²) in [4.78, 5) is 10.8. The van der Waals surface area contributed by atoms with E-state index in [1.165, 1.54) is 13.0 Å². The number of Topliss-reactive ketones (excluding diaryl/α,β-unsaturated/α-hetero) is 1. The fourth-order valence-corrected chi connectivity index (χ4v) is 1.44. The van der Waals surface area contributed by atoms with Gasteiger partial charge in [-0.1, -0.05) is 0 Å². The average Bonchev–Trinajstić information content (AvgIpc) is 1.96. The van der Waals surface area contributed by atoms with Gasteiger partial charge in [-0.15, -0.1) is 0 Å². The van der Waals surface area contributed by atoms with Crippen LogP contribution in [0.1, 0.15) is 17.3 Å². The van der Waals surface area contributed by atoms with Gasteiger partial charge < -0.3 is 5.11 Å². The van der Waals surface area contributed by atoms with Crippen molar-refractivity contribution in [2.75, 3.05) is 0 Å². The second-order valence-corrected chi connectivity index (χ2v) is 3.51. The number of phenolic OH excluding ortho intramolecular Hbond substituents is 1. The van der Waals surface area contributed by atoms with Crippen molar-refractivity contribution >= 4 is 28.4 Å². The van der Waals surface area contributed by atoms with Crippen LogP contribution in [0.5, 0.6) is 5.75 Å². The molecule has 0 unspecified atom stereocenters. The Bertz CT molecular complexity index is 336. The molecule has 12 heavy (non-hydrogen) atoms. The maximum absolute atomic E-state index is 13.1. The van der Waals surface area contributed by atoms with Crippen LogP contribution in [0.3, 0.4) is 0 Å². The van der Waals surface area contributed by atoms with Gasteiger partial charge in [-0.2, -0.15) is 0 Å². The van der Waals surface area contributed by atoms with Gasteiger partial charge in [0.15, 0.2) is 5.78 Å². The highest BCUT2D eigenvalue weighted by atomic mass is 127. The quantitative estimate of drug-likeness (QED) is 0.633. The number of rotatable bonds is 1. The van der Waals surface area contributed by atoms with E-state index in [-0.39, 0.29) is 20.7 Å². The molecule has 0 amide bonds. The van der Waals surface area contributed by atoms with Gasteiger partial charge in [0.25, 0.3) is 0 Å². The van der Waals surface area contributed by atoms with Crippen LogP contribution in [0.25, 0.3) is 0 Å². The highest BCUT2D eigenvalue weighted by molar-refractivity contribution is 14.1. The number of benzene rings is 1. The number of ketones is 1. The lowest BCUT2D eigenvalue weighted by Crippen LogP contribution is -1.98. The van der Waals surface area contributed by atoms with Crippen LogP contribution >= 0.6 is 22.6 Å². The summed E-state index contributed by atoms with van der Waals surface area (Å²) in [5.41, 5.74) is -0.0700. The molecule has 64 valence electrons. The standard InChI is InChI=1S/C8H6FIO2/c1-4(11)6-2-5(12)3-7(10)8(6)9/h2-3,12H,1H3. The molecule has 2 nitrogen and oxygen atoms in total. The number of halogens is 2. The zero-order valence-electron chi connectivity index (χ0n) is 6.27. The molecule has 0 spiro atoms. The van der Waals surface area contributed by atoms with E-state index in [0.29, 0.717) is 0 Å². The van der Waals surface area contributed by atoms with Crippen molar-refractivity contribution in [2.24, 2.45) is 0 Å². The summed E-state index contributed by atoms with van der Waals surface area (Å²) in [6, 6.07) is 2.39. The Morgan fingerprint density at radius 1 is 1.58 bits per heavy atom. The molecule has 1 N–H and O–H groups in total. The summed E-state index contributed by atoms with van der Waals surface area (Å²) < 4.78 is 13.3. The molecule has 0 bridgehead atoms. The first-order valence-corrected chi connectivity index (χ1v) is 4.29. The molecule has 0 heterocycles. The van der Waals surface area contributed by atoms with Crippen molar-refractivity contribution in [1.82, 2.24) is 0 Å². The maximum atomic E-state index is 13.1. The van der Waals surface area contributed by atoms with Crippen LogP contribution in [-0.4, -0.2) is 10.9 Å². The highest BCUT2D eigenvalue weighted by Crippen LogP contribution is 2.22. The first-order chi connectivity index (χ1) is 5.52. The zero-order chi connectivity index (χ0) is 9.30. The van der Waals surface area contributed by atoms with Crippen LogP contribution in [0.2, 0.25) is 0 Å². The topological polar surface area (TPSA) is 37.3 Å². The predicted octanol–water partition coefficient (Wildman–Crippen LogP) is 2.34. The van der Waals surface area contributed by atoms with Crippen molar-refractivity contribution in [2.45, 2.75) is 6.92 Å². The summed E-state index contributed by atoms with van der Waals surface area (Å²) >= 11 is 1.72. The fraction of sp³-hybridized carbons (Fsp3) is 0.125. The second-order valence-electron chi connectivity index (χ2n) is 2.35. The molecule has 0 saturated heterocycles. The van der Waals surface area contributed by atoms with Gasteiger partial charge in [0.05, 0.1) is 9.13 Å². The van der Waals surface area contributed by atoms with Crippen molar-refractivity contribution in [1.29, 1.82) is 0 Å². The Hall–Kier alpha value is -0.650. The maximum Gasteiger partial charge on any atom is 0.162 e. The molecule has 0 aliphatic heterocycles. The Morgan fingerprint density at radius 3 is 2.67 bits per heavy atom. The fourth-order valence-electron chi connectivity index (χ4n) is 0.831. The molecule has 0 aromatic heterocycles. The zero-order valence-corrected chi connectivity index (χ0v) is 8.42. The van der Waals surface area contributed by atoms with Gasteiger partial charge in [0.2, 0.25) is 0 Å². The summed E-state index contributed by atoms with van der Waals surface area (Å²) in [7, 11) is 0. The molecular weight excluding hydrogens is 274 g/mol. The smallest absolute Gasteiger partial charge is 0.162 e. The number of phenols is 1. The van der Waals surface area contributed by atoms with Crippen LogP contribution < -0.4 is 0 Å². The Balaban J connectivity index is 3.37. The molecule has 1 aromatic carbocycles. The lowest BCUT2D eigenvalue weighted by atomic mass is 10.1. The molecule has 1 rings (SSSR count). The molecule has 0 aliphatic carbocycles. The van der Waals surface area contributed by atoms with E-state index in [2.05, 4.69) is 0 Å². The Morgan fingerprint density at radius 2 is 2.17 bits per heavy atom. The van der Waals surface area contributed by atoms with E-state index in [4.69, 9.17) is 5.11 Å². The van der Waals surface area contributed by atoms with Gasteiger partial charge in [0, 0.05) is 0 Å². The van der Waals surface area contributed by atoms with Crippen LogP contribution in [0.4, 0.5) is 4.39 Å². The van der Waals surface area contributed by atoms with Gasteiger partial charge in [0.1, 0.15) is 11.6 Å². The molecular formula is C8H6FIO2. The molecule has 0 saturated carbocycles. The molecule has 4 heteroatoms. The summed E-state index contributed by atoms with van der Waals surface area (Å²) in [5, 5.41) is 9.04. The van der Waals surface area contributed by atoms with Gasteiger partial charge in [-0.25, -0.2) is 4.39 Å². The third-order valence-electron chi connectivity index (χ3n) is 1.39. The lowest BCUT2D eigenvalue weighted by Gasteiger charge is -2.01. The third-order valence-corrected chi connectivity index (χ3v) is 2.18. The van der Waals surface area contributed by atoms with E-state index in [1.807, 2.05) is 0 Å². The summed E-state index contributed by atoms with van der Waals surface area (Å²) in [5.74, 6) is -1.05. The van der Waals surface area contributed by atoms with Gasteiger partial charge in [-0.05, 0) is 41.6 Å². The number of carbonyl (C=O) groups is 1. The first kappa shape index (κ1) is 9.44. The van der Waals surface area contributed by atoms with E-state index >= 15 is 0 Å². The SMILES string of the molecule is CC(=O)c1cc(O)cc(I)c1F. The Labute approximate surface area is 82.5 Å². The highest BCUT2D eigenvalue weighted by Gasteiger charge is 2.11. The summed E-state index contributed by atoms with van der Waals surface area (Å²) in [6.45, 7) is 1.26. The van der Waals surface area contributed by atoms with Crippen LogP contribution in [0, 0.1) is 9.39 Å². The molecule has 0 aliphatic rings. The Kier molecular flexibility index (Phi) is 2.66. The minimum absolute atomic E-state index is 0.0700. The largest absolute Gasteiger partial charge is 0.508 e. The monoisotopic (exact) mass is 280 g/mol. The normalized spacial score (nSPS) is 9.92. The molecule has 0 fully saturated rings. The van der Waals surface area contributed by atoms with E-state index < -0.39 is 5.82 Å². The average molecular weight is 280 g/mol. The first-order valence-electron chi connectivity index (χ1n) is 3.21. The molecule has 0 radical (unpaired) electrons. The van der Waals surface area contributed by atoms with E-state index in [9.17, 15) is 9.18 Å². The minimum atomic E-state index is -0.569. The molecule has 0 atom stereocenters. The van der Waals surface area contributed by atoms with Gasteiger partial charge in [-0.3, -0.25) is 4.79 Å².